The number of nitrogens with zero attached hydrogens (tertiary/aromatic N) is 3. The lowest BCUT2D eigenvalue weighted by atomic mass is 10.1. The van der Waals surface area contributed by atoms with Crippen LogP contribution in [0.4, 0.5) is 0 Å². The van der Waals surface area contributed by atoms with Gasteiger partial charge in [-0.2, -0.15) is 0 Å². The minimum atomic E-state index is 0.215. The van der Waals surface area contributed by atoms with Gasteiger partial charge in [-0.15, -0.1) is 0 Å². The van der Waals surface area contributed by atoms with Gasteiger partial charge in [0, 0.05) is 20.1 Å². The Hall–Kier alpha value is -2.51. The van der Waals surface area contributed by atoms with Crippen molar-refractivity contribution in [1.29, 1.82) is 0 Å². The predicted molar refractivity (Wildman–Crippen MR) is 121 cm³/mol. The fraction of sp³-hybridized carbons (Fsp3) is 0.522. The summed E-state index contributed by atoms with van der Waals surface area (Å²) in [5, 5.41) is 6.98. The summed E-state index contributed by atoms with van der Waals surface area (Å²) in [5.41, 5.74) is 1.23. The van der Waals surface area contributed by atoms with Crippen LogP contribution >= 0.6 is 0 Å². The molecular formula is C23H35N5O2. The molecule has 1 aromatic carbocycles. The van der Waals surface area contributed by atoms with E-state index in [1.807, 2.05) is 25.2 Å². The first-order valence-electron chi connectivity index (χ1n) is 10.6. The first-order valence-corrected chi connectivity index (χ1v) is 10.6. The van der Waals surface area contributed by atoms with E-state index in [-0.39, 0.29) is 12.1 Å². The minimum Gasteiger partial charge on any atom is -0.497 e. The Labute approximate surface area is 180 Å². The van der Waals surface area contributed by atoms with Crippen LogP contribution < -0.4 is 15.4 Å². The maximum Gasteiger partial charge on any atom is 0.191 e. The number of methoxy groups -OCH3 is 1. The number of nitrogens with one attached hydrogen (secondary N) is 2. The van der Waals surface area contributed by atoms with Crippen LogP contribution in [0.1, 0.15) is 36.2 Å². The molecule has 2 aromatic rings. The zero-order chi connectivity index (χ0) is 21.3. The van der Waals surface area contributed by atoms with Gasteiger partial charge in [0.2, 0.25) is 0 Å². The lowest BCUT2D eigenvalue weighted by molar-refractivity contribution is 0.215. The Morgan fingerprint density at radius 3 is 2.40 bits per heavy atom. The van der Waals surface area contributed by atoms with Gasteiger partial charge in [-0.3, -0.25) is 9.89 Å². The molecule has 3 rings (SSSR count). The molecule has 0 spiro atoms. The first-order chi connectivity index (χ1) is 14.6. The second-order valence-corrected chi connectivity index (χ2v) is 7.86. The fourth-order valence-electron chi connectivity index (χ4n) is 3.98. The van der Waals surface area contributed by atoms with Crippen LogP contribution in [-0.4, -0.2) is 70.2 Å². The van der Waals surface area contributed by atoms with Gasteiger partial charge in [0.1, 0.15) is 11.5 Å². The van der Waals surface area contributed by atoms with Crippen LogP contribution in [0, 0.1) is 0 Å². The topological polar surface area (TPSA) is 65.3 Å². The van der Waals surface area contributed by atoms with E-state index in [1.165, 1.54) is 18.4 Å². The lowest BCUT2D eigenvalue weighted by Crippen LogP contribution is -2.45. The number of guanidine groups is 1. The van der Waals surface area contributed by atoms with Gasteiger partial charge in [0.15, 0.2) is 5.96 Å². The largest absolute Gasteiger partial charge is 0.497 e. The molecule has 0 aliphatic carbocycles. The number of ether oxygens (including phenoxy) is 1. The summed E-state index contributed by atoms with van der Waals surface area (Å²) in [6.45, 7) is 3.72. The van der Waals surface area contributed by atoms with E-state index in [1.54, 1.807) is 13.4 Å². The van der Waals surface area contributed by atoms with Crippen LogP contribution in [0.3, 0.4) is 0 Å². The summed E-state index contributed by atoms with van der Waals surface area (Å²) in [5.74, 6) is 2.67. The quantitative estimate of drug-likeness (QED) is 0.487. The van der Waals surface area contributed by atoms with E-state index < -0.39 is 0 Å². The number of likely N-dealkylation sites (N-methyl/N-ethyl adjacent to an activating group) is 1. The average molecular weight is 414 g/mol. The highest BCUT2D eigenvalue weighted by atomic mass is 16.5. The van der Waals surface area contributed by atoms with Crippen molar-refractivity contribution in [3.8, 4) is 5.75 Å². The smallest absolute Gasteiger partial charge is 0.191 e. The van der Waals surface area contributed by atoms with E-state index in [2.05, 4.69) is 57.7 Å². The molecule has 2 heterocycles. The molecule has 1 fully saturated rings. The highest BCUT2D eigenvalue weighted by molar-refractivity contribution is 5.79. The molecular weight excluding hydrogens is 378 g/mol. The second kappa shape index (κ2) is 11.0. The fourth-order valence-corrected chi connectivity index (χ4v) is 3.98. The molecule has 2 atom stereocenters. The van der Waals surface area contributed by atoms with Crippen molar-refractivity contribution in [3.63, 3.8) is 0 Å². The van der Waals surface area contributed by atoms with Crippen LogP contribution in [0.25, 0.3) is 0 Å². The summed E-state index contributed by atoms with van der Waals surface area (Å²) in [6, 6.07) is 12.7. The Bertz CT molecular complexity index is 767. The zero-order valence-corrected chi connectivity index (χ0v) is 18.6. The number of benzene rings is 1. The van der Waals surface area contributed by atoms with Gasteiger partial charge >= 0.3 is 0 Å². The predicted octanol–water partition coefficient (Wildman–Crippen LogP) is 2.89. The molecule has 1 aliphatic heterocycles. The lowest BCUT2D eigenvalue weighted by Gasteiger charge is -2.28. The summed E-state index contributed by atoms with van der Waals surface area (Å²) in [7, 11) is 7.68. The molecule has 0 radical (unpaired) electrons. The summed E-state index contributed by atoms with van der Waals surface area (Å²) in [4.78, 5) is 9.12. The van der Waals surface area contributed by atoms with Crippen molar-refractivity contribution in [3.05, 3.63) is 54.0 Å². The minimum absolute atomic E-state index is 0.215. The number of furan rings is 1. The maximum absolute atomic E-state index is 5.72. The van der Waals surface area contributed by atoms with E-state index in [9.17, 15) is 0 Å². The number of hydrogen-bond acceptors (Lipinski definition) is 5. The third kappa shape index (κ3) is 5.77. The zero-order valence-electron chi connectivity index (χ0n) is 18.6. The van der Waals surface area contributed by atoms with E-state index >= 15 is 0 Å². The molecule has 1 aliphatic rings. The van der Waals surface area contributed by atoms with Crippen LogP contribution in [0.2, 0.25) is 0 Å². The maximum atomic E-state index is 5.72. The molecule has 0 saturated carbocycles. The van der Waals surface area contributed by atoms with Crippen molar-refractivity contribution >= 4 is 5.96 Å². The molecule has 1 saturated heterocycles. The SMILES string of the molecule is CN=C(NCC(c1ccc(OC)cc1)N(C)C)NCC(c1ccco1)N1CCCC1. The second-order valence-electron chi connectivity index (χ2n) is 7.86. The molecule has 2 unspecified atom stereocenters. The standard InChI is InChI=1S/C23H35N5O2/c1-24-23(25-16-20(27(2)3)18-9-11-19(29-4)12-10-18)26-17-21(22-8-7-15-30-22)28-13-5-6-14-28/h7-12,15,20-21H,5-6,13-14,16-17H2,1-4H3,(H2,24,25,26). The third-order valence-corrected chi connectivity index (χ3v) is 5.73. The van der Waals surface area contributed by atoms with Gasteiger partial charge in [-0.05, 0) is 69.9 Å². The molecule has 0 bridgehead atoms. The van der Waals surface area contributed by atoms with Gasteiger partial charge in [0.25, 0.3) is 0 Å². The monoisotopic (exact) mass is 413 g/mol. The normalized spacial score (nSPS) is 17.2. The Morgan fingerprint density at radius 1 is 1.13 bits per heavy atom. The van der Waals surface area contributed by atoms with Crippen molar-refractivity contribution in [2.45, 2.75) is 24.9 Å². The van der Waals surface area contributed by atoms with Crippen molar-refractivity contribution < 1.29 is 9.15 Å². The van der Waals surface area contributed by atoms with Crippen molar-refractivity contribution in [1.82, 2.24) is 20.4 Å². The average Bonchev–Trinajstić information content (AvgIpc) is 3.48. The summed E-state index contributed by atoms with van der Waals surface area (Å²) in [6.07, 6.45) is 4.25. The highest BCUT2D eigenvalue weighted by Gasteiger charge is 2.25. The van der Waals surface area contributed by atoms with Gasteiger partial charge < -0.3 is 24.7 Å². The number of rotatable bonds is 9. The van der Waals surface area contributed by atoms with Gasteiger partial charge in [-0.1, -0.05) is 12.1 Å². The van der Waals surface area contributed by atoms with E-state index in [0.717, 1.165) is 43.6 Å². The van der Waals surface area contributed by atoms with Crippen LogP contribution in [-0.2, 0) is 0 Å². The van der Waals surface area contributed by atoms with E-state index in [0.29, 0.717) is 0 Å². The first kappa shape index (κ1) is 22.2. The number of likely N-dealkylation sites (tertiary alicyclic amines) is 1. The molecule has 30 heavy (non-hydrogen) atoms. The summed E-state index contributed by atoms with van der Waals surface area (Å²) >= 11 is 0. The molecule has 7 heteroatoms. The number of hydrogen-bond donors (Lipinski definition) is 2. The van der Waals surface area contributed by atoms with Crippen LogP contribution in [0.15, 0.2) is 52.1 Å². The van der Waals surface area contributed by atoms with Crippen molar-refractivity contribution in [2.75, 3.05) is 54.4 Å². The van der Waals surface area contributed by atoms with Crippen molar-refractivity contribution in [2.24, 2.45) is 4.99 Å². The molecule has 2 N–H and O–H groups in total. The van der Waals surface area contributed by atoms with E-state index in [4.69, 9.17) is 9.15 Å². The Kier molecular flexibility index (Phi) is 8.16. The molecule has 0 amide bonds. The Morgan fingerprint density at radius 2 is 1.83 bits per heavy atom. The Balaban J connectivity index is 1.59. The van der Waals surface area contributed by atoms with Gasteiger partial charge in [0.05, 0.1) is 25.5 Å². The third-order valence-electron chi connectivity index (χ3n) is 5.73. The molecule has 7 nitrogen and oxygen atoms in total. The highest BCUT2D eigenvalue weighted by Crippen LogP contribution is 2.25. The molecule has 164 valence electrons. The summed E-state index contributed by atoms with van der Waals surface area (Å²) < 4.78 is 11.0. The molecule has 1 aromatic heterocycles. The van der Waals surface area contributed by atoms with Gasteiger partial charge in [-0.25, -0.2) is 0 Å². The number of aliphatic imine (C=N–C) groups is 1. The van der Waals surface area contributed by atoms with Crippen LogP contribution in [0.5, 0.6) is 5.75 Å².